The number of rotatable bonds is 4. The third-order valence-corrected chi connectivity index (χ3v) is 4.68. The van der Waals surface area contributed by atoms with Gasteiger partial charge >= 0.3 is 0 Å². The molecule has 1 N–H and O–H groups in total. The average Bonchev–Trinajstić information content (AvgIpc) is 2.61. The Morgan fingerprint density at radius 1 is 1.14 bits per heavy atom. The minimum atomic E-state index is 0.751. The van der Waals surface area contributed by atoms with Crippen molar-refractivity contribution in [1.29, 1.82) is 5.26 Å². The van der Waals surface area contributed by atoms with Crippen molar-refractivity contribution >= 4 is 17.6 Å². The molecule has 1 heterocycles. The van der Waals surface area contributed by atoms with Gasteiger partial charge in [0.25, 0.3) is 0 Å². The summed E-state index contributed by atoms with van der Waals surface area (Å²) >= 11 is 1.75. The van der Waals surface area contributed by atoms with Crippen LogP contribution in [0.4, 0.5) is 0 Å². The maximum absolute atomic E-state index is 9.19. The maximum Gasteiger partial charge on any atom is 0.129 e. The molecule has 0 saturated heterocycles. The molecule has 2 aromatic rings. The number of nitrogens with zero attached hydrogens (tertiary/aromatic N) is 2. The molecule has 0 fully saturated rings. The highest BCUT2D eigenvalue weighted by molar-refractivity contribution is 7.98. The molecule has 0 saturated carbocycles. The second-order valence-electron chi connectivity index (χ2n) is 5.06. The van der Waals surface area contributed by atoms with Gasteiger partial charge in [0.05, 0.1) is 11.6 Å². The van der Waals surface area contributed by atoms with Crippen LogP contribution in [0.5, 0.6) is 0 Å². The molecule has 3 rings (SSSR count). The Morgan fingerprint density at radius 2 is 1.95 bits per heavy atom. The van der Waals surface area contributed by atoms with E-state index in [4.69, 9.17) is 0 Å². The van der Waals surface area contributed by atoms with E-state index < -0.39 is 0 Å². The number of nitrogens with one attached hydrogen (secondary N) is 1. The molecular formula is C18H17N3S. The lowest BCUT2D eigenvalue weighted by molar-refractivity contribution is 0.741. The normalized spacial score (nSPS) is 13.9. The minimum Gasteiger partial charge on any atom is -0.370 e. The number of hydrogen-bond acceptors (Lipinski definition) is 4. The molecule has 0 aliphatic carbocycles. The van der Waals surface area contributed by atoms with Gasteiger partial charge in [-0.05, 0) is 24.1 Å². The van der Waals surface area contributed by atoms with Crippen molar-refractivity contribution in [2.75, 3.05) is 13.1 Å². The summed E-state index contributed by atoms with van der Waals surface area (Å²) in [6, 6.07) is 18.3. The Hall–Kier alpha value is -2.25. The lowest BCUT2D eigenvalue weighted by atomic mass is 10.1. The molecule has 22 heavy (non-hydrogen) atoms. The largest absolute Gasteiger partial charge is 0.370 e. The highest BCUT2D eigenvalue weighted by Crippen LogP contribution is 2.28. The Bertz CT molecular complexity index is 731. The average molecular weight is 307 g/mol. The van der Waals surface area contributed by atoms with Crippen molar-refractivity contribution in [3.8, 4) is 6.07 Å². The van der Waals surface area contributed by atoms with Crippen molar-refractivity contribution < 1.29 is 0 Å². The molecule has 0 atom stereocenters. The van der Waals surface area contributed by atoms with E-state index >= 15 is 0 Å². The smallest absolute Gasteiger partial charge is 0.129 e. The van der Waals surface area contributed by atoms with Crippen LogP contribution >= 0.6 is 11.8 Å². The fourth-order valence-corrected chi connectivity index (χ4v) is 3.47. The van der Waals surface area contributed by atoms with E-state index in [1.54, 1.807) is 11.8 Å². The summed E-state index contributed by atoms with van der Waals surface area (Å²) in [6.07, 6.45) is 1.09. The van der Waals surface area contributed by atoms with Crippen molar-refractivity contribution in [1.82, 2.24) is 5.32 Å². The first kappa shape index (κ1) is 14.7. The van der Waals surface area contributed by atoms with Gasteiger partial charge in [0, 0.05) is 29.3 Å². The number of nitriles is 1. The Balaban J connectivity index is 1.81. The first-order valence-corrected chi connectivity index (χ1v) is 8.35. The fourth-order valence-electron chi connectivity index (χ4n) is 2.41. The SMILES string of the molecule is N#Cc1ccccc1CSc1ccccc1C1=NCCCN1. The van der Waals surface area contributed by atoms with Crippen LogP contribution in [0.25, 0.3) is 0 Å². The minimum absolute atomic E-state index is 0.751. The van der Waals surface area contributed by atoms with Crippen LogP contribution in [0, 0.1) is 11.3 Å². The van der Waals surface area contributed by atoms with E-state index in [0.29, 0.717) is 0 Å². The van der Waals surface area contributed by atoms with E-state index in [-0.39, 0.29) is 0 Å². The lowest BCUT2D eigenvalue weighted by Gasteiger charge is -2.17. The van der Waals surface area contributed by atoms with Crippen LogP contribution in [0.2, 0.25) is 0 Å². The predicted octanol–water partition coefficient (Wildman–Crippen LogP) is 3.59. The Morgan fingerprint density at radius 3 is 2.77 bits per heavy atom. The highest BCUT2D eigenvalue weighted by Gasteiger charge is 2.12. The van der Waals surface area contributed by atoms with E-state index in [1.165, 1.54) is 4.90 Å². The summed E-state index contributed by atoms with van der Waals surface area (Å²) in [7, 11) is 0. The number of aliphatic imine (C=N–C) groups is 1. The molecule has 0 amide bonds. The summed E-state index contributed by atoms with van der Waals surface area (Å²) in [5.74, 6) is 1.77. The molecule has 0 spiro atoms. The standard InChI is InChI=1S/C18H17N3S/c19-12-14-6-1-2-7-15(14)13-22-17-9-4-3-8-16(17)18-20-10-5-11-21-18/h1-4,6-9H,5,10-11,13H2,(H,20,21). The summed E-state index contributed by atoms with van der Waals surface area (Å²) in [6.45, 7) is 1.87. The van der Waals surface area contributed by atoms with E-state index in [0.717, 1.165) is 47.8 Å². The second-order valence-corrected chi connectivity index (χ2v) is 6.08. The van der Waals surface area contributed by atoms with Crippen LogP contribution in [0.15, 0.2) is 58.4 Å². The molecule has 3 nitrogen and oxygen atoms in total. The van der Waals surface area contributed by atoms with E-state index in [9.17, 15) is 5.26 Å². The molecule has 110 valence electrons. The number of hydrogen-bond donors (Lipinski definition) is 1. The number of amidine groups is 1. The van der Waals surface area contributed by atoms with Crippen molar-refractivity contribution in [2.45, 2.75) is 17.1 Å². The molecule has 4 heteroatoms. The molecule has 0 bridgehead atoms. The van der Waals surface area contributed by atoms with Gasteiger partial charge in [0.2, 0.25) is 0 Å². The molecule has 0 radical (unpaired) electrons. The van der Waals surface area contributed by atoms with Gasteiger partial charge < -0.3 is 5.32 Å². The zero-order chi connectivity index (χ0) is 15.2. The van der Waals surface area contributed by atoms with Gasteiger partial charge in [-0.3, -0.25) is 4.99 Å². The zero-order valence-electron chi connectivity index (χ0n) is 12.2. The predicted molar refractivity (Wildman–Crippen MR) is 91.2 cm³/mol. The van der Waals surface area contributed by atoms with Gasteiger partial charge in [-0.1, -0.05) is 36.4 Å². The number of thioether (sulfide) groups is 1. The third kappa shape index (κ3) is 3.32. The highest BCUT2D eigenvalue weighted by atomic mass is 32.2. The van der Waals surface area contributed by atoms with Crippen molar-refractivity contribution in [2.24, 2.45) is 4.99 Å². The number of benzene rings is 2. The van der Waals surface area contributed by atoms with E-state index in [2.05, 4.69) is 28.5 Å². The monoisotopic (exact) mass is 307 g/mol. The summed E-state index contributed by atoms with van der Waals surface area (Å²) in [5, 5.41) is 12.6. The molecule has 1 aliphatic heterocycles. The summed E-state index contributed by atoms with van der Waals surface area (Å²) < 4.78 is 0. The van der Waals surface area contributed by atoms with Crippen LogP contribution in [-0.2, 0) is 5.75 Å². The molecular weight excluding hydrogens is 290 g/mol. The van der Waals surface area contributed by atoms with Gasteiger partial charge in [-0.2, -0.15) is 5.26 Å². The van der Waals surface area contributed by atoms with Gasteiger partial charge in [0.1, 0.15) is 5.84 Å². The van der Waals surface area contributed by atoms with Crippen LogP contribution in [-0.4, -0.2) is 18.9 Å². The zero-order valence-corrected chi connectivity index (χ0v) is 13.1. The summed E-state index contributed by atoms with van der Waals surface area (Å²) in [4.78, 5) is 5.79. The second kappa shape index (κ2) is 7.15. The Kier molecular flexibility index (Phi) is 4.77. The summed E-state index contributed by atoms with van der Waals surface area (Å²) in [5.41, 5.74) is 2.98. The van der Waals surface area contributed by atoms with Gasteiger partial charge in [-0.15, -0.1) is 11.8 Å². The third-order valence-electron chi connectivity index (χ3n) is 3.56. The Labute approximate surface area is 135 Å². The molecule has 1 aliphatic rings. The van der Waals surface area contributed by atoms with Crippen molar-refractivity contribution in [3.05, 3.63) is 65.2 Å². The first-order chi connectivity index (χ1) is 10.9. The van der Waals surface area contributed by atoms with E-state index in [1.807, 2.05) is 36.4 Å². The molecule has 0 unspecified atom stereocenters. The fraction of sp³-hybridized carbons (Fsp3) is 0.222. The molecule has 2 aromatic carbocycles. The quantitative estimate of drug-likeness (QED) is 0.878. The van der Waals surface area contributed by atoms with Crippen LogP contribution in [0.1, 0.15) is 23.1 Å². The molecule has 0 aromatic heterocycles. The van der Waals surface area contributed by atoms with Gasteiger partial charge in [0.15, 0.2) is 0 Å². The maximum atomic E-state index is 9.19. The van der Waals surface area contributed by atoms with Crippen LogP contribution < -0.4 is 5.32 Å². The lowest BCUT2D eigenvalue weighted by Crippen LogP contribution is -2.30. The van der Waals surface area contributed by atoms with Gasteiger partial charge in [-0.25, -0.2) is 0 Å². The first-order valence-electron chi connectivity index (χ1n) is 7.37. The topological polar surface area (TPSA) is 48.2 Å². The van der Waals surface area contributed by atoms with Crippen molar-refractivity contribution in [3.63, 3.8) is 0 Å². The van der Waals surface area contributed by atoms with Crippen LogP contribution in [0.3, 0.4) is 0 Å².